The van der Waals surface area contributed by atoms with E-state index in [4.69, 9.17) is 0 Å². The largest absolute Gasteiger partial charge is 0.274 e. The van der Waals surface area contributed by atoms with E-state index in [1.165, 1.54) is 6.42 Å². The quantitative estimate of drug-likeness (QED) is 0.448. The minimum absolute atomic E-state index is 0.263. The van der Waals surface area contributed by atoms with Gasteiger partial charge in [0, 0.05) is 12.6 Å². The van der Waals surface area contributed by atoms with Gasteiger partial charge in [-0.2, -0.15) is 0 Å². The van der Waals surface area contributed by atoms with Crippen molar-refractivity contribution in [2.75, 3.05) is 13.3 Å². The standard InChI is InChI=1S/C5H10FN/c1-5-2-3-7(5)4-6/h5H,2-4H2,1H3. The van der Waals surface area contributed by atoms with E-state index in [1.54, 1.807) is 4.90 Å². The summed E-state index contributed by atoms with van der Waals surface area (Å²) in [6.45, 7) is 2.74. The predicted octanol–water partition coefficient (Wildman–Crippen LogP) is 1.01. The van der Waals surface area contributed by atoms with Gasteiger partial charge in [-0.25, -0.2) is 4.39 Å². The highest BCUT2D eigenvalue weighted by atomic mass is 19.1. The molecule has 0 aromatic carbocycles. The van der Waals surface area contributed by atoms with Crippen LogP contribution in [-0.2, 0) is 0 Å². The Balaban J connectivity index is 2.16. The van der Waals surface area contributed by atoms with Crippen LogP contribution in [0.4, 0.5) is 4.39 Å². The number of rotatable bonds is 1. The zero-order valence-corrected chi connectivity index (χ0v) is 4.52. The molecule has 1 nitrogen and oxygen atoms in total. The summed E-state index contributed by atoms with van der Waals surface area (Å²) in [6.07, 6.45) is 1.17. The lowest BCUT2D eigenvalue weighted by Crippen LogP contribution is -2.44. The lowest BCUT2D eigenvalue weighted by atomic mass is 10.1. The average molecular weight is 103 g/mol. The zero-order chi connectivity index (χ0) is 5.28. The smallest absolute Gasteiger partial charge is 0.143 e. The first-order valence-electron chi connectivity index (χ1n) is 2.64. The molecule has 0 aliphatic carbocycles. The van der Waals surface area contributed by atoms with Gasteiger partial charge in [-0.05, 0) is 13.3 Å². The van der Waals surface area contributed by atoms with Crippen LogP contribution in [0.3, 0.4) is 0 Å². The Morgan fingerprint density at radius 1 is 1.86 bits per heavy atom. The van der Waals surface area contributed by atoms with Crippen molar-refractivity contribution in [1.82, 2.24) is 4.90 Å². The van der Waals surface area contributed by atoms with Crippen LogP contribution in [0.5, 0.6) is 0 Å². The Hall–Kier alpha value is -0.110. The van der Waals surface area contributed by atoms with Crippen LogP contribution in [0, 0.1) is 0 Å². The van der Waals surface area contributed by atoms with E-state index in [0.29, 0.717) is 6.04 Å². The second-order valence-corrected chi connectivity index (χ2v) is 2.07. The molecule has 1 unspecified atom stereocenters. The molecule has 0 aromatic heterocycles. The number of nitrogens with zero attached hydrogens (tertiary/aromatic N) is 1. The first-order chi connectivity index (χ1) is 3.34. The summed E-state index contributed by atoms with van der Waals surface area (Å²) in [5.74, 6) is 0. The molecule has 1 saturated heterocycles. The molecule has 1 aliphatic heterocycles. The van der Waals surface area contributed by atoms with E-state index in [-0.39, 0.29) is 6.80 Å². The van der Waals surface area contributed by atoms with Gasteiger partial charge in [-0.1, -0.05) is 0 Å². The molecular formula is C5H10FN. The van der Waals surface area contributed by atoms with Crippen LogP contribution in [-0.4, -0.2) is 24.3 Å². The first kappa shape index (κ1) is 5.04. The molecule has 1 heterocycles. The fourth-order valence-electron chi connectivity index (χ4n) is 0.747. The van der Waals surface area contributed by atoms with Gasteiger partial charge in [0.2, 0.25) is 0 Å². The summed E-state index contributed by atoms with van der Waals surface area (Å²) in [4.78, 5) is 1.81. The van der Waals surface area contributed by atoms with E-state index < -0.39 is 0 Å². The van der Waals surface area contributed by atoms with Gasteiger partial charge >= 0.3 is 0 Å². The Morgan fingerprint density at radius 3 is 2.57 bits per heavy atom. The molecule has 1 atom stereocenters. The Bertz CT molecular complexity index is 63.1. The molecule has 0 spiro atoms. The van der Waals surface area contributed by atoms with Crippen LogP contribution in [0.1, 0.15) is 13.3 Å². The summed E-state index contributed by atoms with van der Waals surface area (Å²) >= 11 is 0. The monoisotopic (exact) mass is 103 g/mol. The molecule has 0 N–H and O–H groups in total. The summed E-state index contributed by atoms with van der Waals surface area (Å²) in [5, 5.41) is 0. The molecular weight excluding hydrogens is 93.1 g/mol. The van der Waals surface area contributed by atoms with Crippen molar-refractivity contribution < 1.29 is 4.39 Å². The van der Waals surface area contributed by atoms with Crippen LogP contribution in [0.15, 0.2) is 0 Å². The van der Waals surface area contributed by atoms with Crippen LogP contribution in [0.2, 0.25) is 0 Å². The van der Waals surface area contributed by atoms with E-state index in [1.807, 2.05) is 6.92 Å². The van der Waals surface area contributed by atoms with Gasteiger partial charge in [-0.3, -0.25) is 4.90 Å². The number of likely N-dealkylation sites (tertiary alicyclic amines) is 1. The number of halogens is 1. The molecule has 7 heavy (non-hydrogen) atoms. The van der Waals surface area contributed by atoms with Gasteiger partial charge in [0.1, 0.15) is 6.80 Å². The van der Waals surface area contributed by atoms with Crippen LogP contribution >= 0.6 is 0 Å². The first-order valence-corrected chi connectivity index (χ1v) is 2.64. The molecule has 1 fully saturated rings. The van der Waals surface area contributed by atoms with Gasteiger partial charge in [0.15, 0.2) is 0 Å². The van der Waals surface area contributed by atoms with E-state index in [0.717, 1.165) is 6.54 Å². The van der Waals surface area contributed by atoms with Crippen molar-refractivity contribution >= 4 is 0 Å². The number of alkyl halides is 1. The molecule has 0 radical (unpaired) electrons. The van der Waals surface area contributed by atoms with Crippen molar-refractivity contribution in [3.63, 3.8) is 0 Å². The molecule has 1 rings (SSSR count). The topological polar surface area (TPSA) is 3.24 Å². The molecule has 1 aliphatic rings. The average Bonchev–Trinajstić information content (AvgIpc) is 1.65. The SMILES string of the molecule is CC1CCN1CF. The summed E-state index contributed by atoms with van der Waals surface area (Å²) in [7, 11) is 0. The molecule has 0 saturated carbocycles. The van der Waals surface area contributed by atoms with Gasteiger partial charge in [-0.15, -0.1) is 0 Å². The number of hydrogen-bond acceptors (Lipinski definition) is 1. The Morgan fingerprint density at radius 2 is 2.57 bits per heavy atom. The van der Waals surface area contributed by atoms with Gasteiger partial charge < -0.3 is 0 Å². The Kier molecular flexibility index (Phi) is 1.28. The van der Waals surface area contributed by atoms with Gasteiger partial charge in [0.05, 0.1) is 0 Å². The predicted molar refractivity (Wildman–Crippen MR) is 26.8 cm³/mol. The third-order valence-electron chi connectivity index (χ3n) is 1.61. The summed E-state index contributed by atoms with van der Waals surface area (Å²) < 4.78 is 11.6. The third kappa shape index (κ3) is 0.752. The minimum atomic E-state index is -0.263. The summed E-state index contributed by atoms with van der Waals surface area (Å²) in [5.41, 5.74) is 0. The third-order valence-corrected chi connectivity index (χ3v) is 1.61. The van der Waals surface area contributed by atoms with Crippen molar-refractivity contribution in [2.45, 2.75) is 19.4 Å². The second kappa shape index (κ2) is 1.78. The normalized spacial score (nSPS) is 32.6. The maximum absolute atomic E-state index is 11.6. The molecule has 2 heteroatoms. The van der Waals surface area contributed by atoms with E-state index >= 15 is 0 Å². The van der Waals surface area contributed by atoms with E-state index in [2.05, 4.69) is 0 Å². The molecule has 42 valence electrons. The maximum atomic E-state index is 11.6. The minimum Gasteiger partial charge on any atom is -0.274 e. The molecule has 0 amide bonds. The highest BCUT2D eigenvalue weighted by Gasteiger charge is 2.21. The molecule has 0 bridgehead atoms. The molecule has 0 aromatic rings. The van der Waals surface area contributed by atoms with Crippen molar-refractivity contribution in [3.8, 4) is 0 Å². The number of hydrogen-bond donors (Lipinski definition) is 0. The second-order valence-electron chi connectivity index (χ2n) is 2.07. The zero-order valence-electron chi connectivity index (χ0n) is 4.52. The van der Waals surface area contributed by atoms with Crippen molar-refractivity contribution in [2.24, 2.45) is 0 Å². The van der Waals surface area contributed by atoms with Crippen LogP contribution in [0.25, 0.3) is 0 Å². The lowest BCUT2D eigenvalue weighted by molar-refractivity contribution is 0.0554. The van der Waals surface area contributed by atoms with Crippen molar-refractivity contribution in [3.05, 3.63) is 0 Å². The van der Waals surface area contributed by atoms with Gasteiger partial charge in [0.25, 0.3) is 0 Å². The van der Waals surface area contributed by atoms with Crippen LogP contribution < -0.4 is 0 Å². The lowest BCUT2D eigenvalue weighted by Gasteiger charge is -2.35. The summed E-state index contributed by atoms with van der Waals surface area (Å²) in [6, 6.07) is 0.505. The highest BCUT2D eigenvalue weighted by molar-refractivity contribution is 4.75. The fraction of sp³-hybridized carbons (Fsp3) is 1.00. The fourth-order valence-corrected chi connectivity index (χ4v) is 0.747. The maximum Gasteiger partial charge on any atom is 0.143 e. The Labute approximate surface area is 43.1 Å². The highest BCUT2D eigenvalue weighted by Crippen LogP contribution is 2.14. The van der Waals surface area contributed by atoms with Crippen molar-refractivity contribution in [1.29, 1.82) is 0 Å². The van der Waals surface area contributed by atoms with E-state index in [9.17, 15) is 4.39 Å².